The minimum Gasteiger partial charge on any atom is -0.478 e. The molecule has 1 aromatic carbocycles. The van der Waals surface area contributed by atoms with Crippen molar-refractivity contribution in [2.75, 3.05) is 26.4 Å². The first-order chi connectivity index (χ1) is 6.95. The van der Waals surface area contributed by atoms with Crippen LogP contribution in [0.2, 0.25) is 0 Å². The van der Waals surface area contributed by atoms with Crippen molar-refractivity contribution in [2.45, 2.75) is 6.04 Å². The number of piperazine rings is 1. The highest BCUT2D eigenvalue weighted by Crippen LogP contribution is 2.33. The lowest BCUT2D eigenvalue weighted by Crippen LogP contribution is -2.49. The predicted molar refractivity (Wildman–Crippen MR) is 54.3 cm³/mol. The first kappa shape index (κ1) is 8.26. The van der Waals surface area contributed by atoms with Gasteiger partial charge in [-0.25, -0.2) is 0 Å². The molecule has 0 saturated carbocycles. The molecule has 3 nitrogen and oxygen atoms in total. The SMILES string of the molecule is c1ccc2c(c1)OCN1CCNCC21. The van der Waals surface area contributed by atoms with E-state index in [9.17, 15) is 0 Å². The van der Waals surface area contributed by atoms with Crippen molar-refractivity contribution in [3.8, 4) is 5.75 Å². The molecule has 1 N–H and O–H groups in total. The van der Waals surface area contributed by atoms with E-state index in [1.54, 1.807) is 0 Å². The molecule has 2 heterocycles. The molecule has 2 aliphatic heterocycles. The van der Waals surface area contributed by atoms with Crippen LogP contribution in [0.25, 0.3) is 0 Å². The number of ether oxygens (including phenoxy) is 1. The highest BCUT2D eigenvalue weighted by Gasteiger charge is 2.29. The molecule has 1 saturated heterocycles. The van der Waals surface area contributed by atoms with Gasteiger partial charge in [0.25, 0.3) is 0 Å². The summed E-state index contributed by atoms with van der Waals surface area (Å²) in [5.41, 5.74) is 1.32. The minimum atomic E-state index is 0.508. The molecule has 14 heavy (non-hydrogen) atoms. The topological polar surface area (TPSA) is 24.5 Å². The third-order valence-corrected chi connectivity index (χ3v) is 3.02. The predicted octanol–water partition coefficient (Wildman–Crippen LogP) is 0.983. The van der Waals surface area contributed by atoms with Gasteiger partial charge in [0, 0.05) is 25.2 Å². The molecule has 1 unspecified atom stereocenters. The fourth-order valence-corrected chi connectivity index (χ4v) is 2.25. The first-order valence-corrected chi connectivity index (χ1v) is 5.11. The van der Waals surface area contributed by atoms with Crippen LogP contribution in [0.4, 0.5) is 0 Å². The largest absolute Gasteiger partial charge is 0.478 e. The van der Waals surface area contributed by atoms with E-state index < -0.39 is 0 Å². The quantitative estimate of drug-likeness (QED) is 0.660. The lowest BCUT2D eigenvalue weighted by atomic mass is 10.0. The Morgan fingerprint density at radius 1 is 1.36 bits per heavy atom. The maximum atomic E-state index is 5.69. The molecule has 0 aliphatic carbocycles. The van der Waals surface area contributed by atoms with Gasteiger partial charge < -0.3 is 10.1 Å². The van der Waals surface area contributed by atoms with Gasteiger partial charge in [0.05, 0.1) is 6.04 Å². The van der Waals surface area contributed by atoms with Crippen LogP contribution in [0.5, 0.6) is 5.75 Å². The summed E-state index contributed by atoms with van der Waals surface area (Å²) in [5.74, 6) is 1.05. The number of nitrogens with one attached hydrogen (secondary N) is 1. The normalized spacial score (nSPS) is 26.1. The zero-order chi connectivity index (χ0) is 9.38. The Labute approximate surface area is 83.7 Å². The van der Waals surface area contributed by atoms with Gasteiger partial charge in [-0.1, -0.05) is 18.2 Å². The fraction of sp³-hybridized carbons (Fsp3) is 0.455. The van der Waals surface area contributed by atoms with Gasteiger partial charge in [-0.15, -0.1) is 0 Å². The molecule has 0 bridgehead atoms. The van der Waals surface area contributed by atoms with E-state index >= 15 is 0 Å². The Balaban J connectivity index is 1.99. The third kappa shape index (κ3) is 1.21. The number of benzene rings is 1. The molecule has 3 rings (SSSR count). The maximum absolute atomic E-state index is 5.69. The van der Waals surface area contributed by atoms with Crippen molar-refractivity contribution in [1.82, 2.24) is 10.2 Å². The van der Waals surface area contributed by atoms with Gasteiger partial charge in [0.1, 0.15) is 12.5 Å². The van der Waals surface area contributed by atoms with Crippen LogP contribution in [-0.4, -0.2) is 31.3 Å². The molecule has 74 valence electrons. The Kier molecular flexibility index (Phi) is 1.92. The van der Waals surface area contributed by atoms with Crippen molar-refractivity contribution in [3.63, 3.8) is 0 Å². The van der Waals surface area contributed by atoms with Crippen LogP contribution in [0.3, 0.4) is 0 Å². The van der Waals surface area contributed by atoms with Gasteiger partial charge in [0.2, 0.25) is 0 Å². The molecule has 1 fully saturated rings. The Morgan fingerprint density at radius 2 is 2.29 bits per heavy atom. The van der Waals surface area contributed by atoms with Crippen molar-refractivity contribution < 1.29 is 4.74 Å². The van der Waals surface area contributed by atoms with Gasteiger partial charge in [0.15, 0.2) is 0 Å². The second-order valence-electron chi connectivity index (χ2n) is 3.84. The zero-order valence-electron chi connectivity index (χ0n) is 8.07. The number of hydrogen-bond donors (Lipinski definition) is 1. The summed E-state index contributed by atoms with van der Waals surface area (Å²) >= 11 is 0. The molecule has 0 radical (unpaired) electrons. The zero-order valence-corrected chi connectivity index (χ0v) is 8.07. The lowest BCUT2D eigenvalue weighted by molar-refractivity contribution is 0.0420. The fourth-order valence-electron chi connectivity index (χ4n) is 2.25. The monoisotopic (exact) mass is 190 g/mol. The smallest absolute Gasteiger partial charge is 0.142 e. The number of hydrogen-bond acceptors (Lipinski definition) is 3. The van der Waals surface area contributed by atoms with Crippen LogP contribution in [0.15, 0.2) is 24.3 Å². The Morgan fingerprint density at radius 3 is 3.29 bits per heavy atom. The molecule has 2 aliphatic rings. The third-order valence-electron chi connectivity index (χ3n) is 3.02. The summed E-state index contributed by atoms with van der Waals surface area (Å²) in [5, 5.41) is 3.43. The molecular weight excluding hydrogens is 176 g/mol. The second kappa shape index (κ2) is 3.26. The summed E-state index contributed by atoms with van der Waals surface area (Å²) in [6.45, 7) is 3.94. The van der Waals surface area contributed by atoms with Gasteiger partial charge in [-0.2, -0.15) is 0 Å². The number of rotatable bonds is 0. The number of fused-ring (bicyclic) bond motifs is 3. The number of para-hydroxylation sites is 1. The standard InChI is InChI=1S/C11H14N2O/c1-2-4-11-9(3-1)10-7-12-5-6-13(10)8-14-11/h1-4,10,12H,5-8H2. The van der Waals surface area contributed by atoms with Crippen molar-refractivity contribution in [3.05, 3.63) is 29.8 Å². The molecule has 1 atom stereocenters. The van der Waals surface area contributed by atoms with Crippen LogP contribution in [-0.2, 0) is 0 Å². The van der Waals surface area contributed by atoms with E-state index in [0.29, 0.717) is 6.04 Å². The highest BCUT2D eigenvalue weighted by molar-refractivity contribution is 5.37. The highest BCUT2D eigenvalue weighted by atomic mass is 16.5. The molecule has 0 aromatic heterocycles. The van der Waals surface area contributed by atoms with Crippen LogP contribution < -0.4 is 10.1 Å². The molecular formula is C11H14N2O. The Bertz CT molecular complexity index is 340. The van der Waals surface area contributed by atoms with E-state index in [1.807, 2.05) is 6.07 Å². The van der Waals surface area contributed by atoms with E-state index in [1.165, 1.54) is 5.56 Å². The van der Waals surface area contributed by atoms with Crippen molar-refractivity contribution in [1.29, 1.82) is 0 Å². The molecule has 1 aromatic rings. The van der Waals surface area contributed by atoms with Crippen molar-refractivity contribution in [2.24, 2.45) is 0 Å². The maximum Gasteiger partial charge on any atom is 0.142 e. The van der Waals surface area contributed by atoms with Gasteiger partial charge >= 0.3 is 0 Å². The van der Waals surface area contributed by atoms with Crippen molar-refractivity contribution >= 4 is 0 Å². The average molecular weight is 190 g/mol. The summed E-state index contributed by atoms with van der Waals surface area (Å²) < 4.78 is 5.69. The van der Waals surface area contributed by atoms with Crippen LogP contribution >= 0.6 is 0 Å². The van der Waals surface area contributed by atoms with E-state index in [2.05, 4.69) is 28.4 Å². The molecule has 0 amide bonds. The minimum absolute atomic E-state index is 0.508. The second-order valence-corrected chi connectivity index (χ2v) is 3.84. The first-order valence-electron chi connectivity index (χ1n) is 5.11. The van der Waals surface area contributed by atoms with Gasteiger partial charge in [-0.3, -0.25) is 4.90 Å². The van der Waals surface area contributed by atoms with E-state index in [4.69, 9.17) is 4.74 Å². The summed E-state index contributed by atoms with van der Waals surface area (Å²) in [7, 11) is 0. The average Bonchev–Trinajstić information content (AvgIpc) is 2.29. The van der Waals surface area contributed by atoms with Crippen LogP contribution in [0, 0.1) is 0 Å². The van der Waals surface area contributed by atoms with E-state index in [-0.39, 0.29) is 0 Å². The molecule has 3 heteroatoms. The summed E-state index contributed by atoms with van der Waals surface area (Å²) in [6, 6.07) is 8.85. The number of nitrogens with zero attached hydrogens (tertiary/aromatic N) is 1. The lowest BCUT2D eigenvalue weighted by Gasteiger charge is -2.40. The van der Waals surface area contributed by atoms with Gasteiger partial charge in [-0.05, 0) is 6.07 Å². The molecule has 0 spiro atoms. The van der Waals surface area contributed by atoms with Crippen LogP contribution in [0.1, 0.15) is 11.6 Å². The summed E-state index contributed by atoms with van der Waals surface area (Å²) in [6.07, 6.45) is 0. The van der Waals surface area contributed by atoms with E-state index in [0.717, 1.165) is 32.1 Å². The Hall–Kier alpha value is -1.06. The summed E-state index contributed by atoms with van der Waals surface area (Å²) in [4.78, 5) is 2.39.